The number of methoxy groups -OCH3 is 1. The number of nitrogens with zero attached hydrogens (tertiary/aromatic N) is 1. The van der Waals surface area contributed by atoms with E-state index in [-0.39, 0.29) is 5.69 Å². The molecular weight excluding hydrogens is 166 g/mol. The first-order chi connectivity index (χ1) is 6.19. The standard InChI is InChI=1S/C10H9NO2/c1-4-8-6-5-7(2)11-9(8)10(12)13-3/h1,5-6H,2-3H3. The minimum absolute atomic E-state index is 0.199. The number of esters is 1. The summed E-state index contributed by atoms with van der Waals surface area (Å²) in [5.41, 5.74) is 1.39. The summed E-state index contributed by atoms with van der Waals surface area (Å²) in [5, 5.41) is 0. The second-order valence-corrected chi connectivity index (χ2v) is 2.48. The fourth-order valence-electron chi connectivity index (χ4n) is 0.925. The summed E-state index contributed by atoms with van der Waals surface area (Å²) < 4.78 is 4.54. The minimum atomic E-state index is -0.503. The molecular formula is C10H9NO2. The molecule has 0 fully saturated rings. The summed E-state index contributed by atoms with van der Waals surface area (Å²) in [5.74, 6) is 1.87. The Bertz CT molecular complexity index is 377. The van der Waals surface area contributed by atoms with Crippen LogP contribution in [0.1, 0.15) is 21.7 Å². The van der Waals surface area contributed by atoms with E-state index in [1.807, 2.05) is 0 Å². The Hall–Kier alpha value is -1.82. The number of hydrogen-bond donors (Lipinski definition) is 0. The Labute approximate surface area is 76.8 Å². The fraction of sp³-hybridized carbons (Fsp3) is 0.200. The Kier molecular flexibility index (Phi) is 2.65. The SMILES string of the molecule is C#Cc1ccc(C)nc1C(=O)OC. The van der Waals surface area contributed by atoms with Gasteiger partial charge in [0.1, 0.15) is 0 Å². The van der Waals surface area contributed by atoms with Gasteiger partial charge in [-0.15, -0.1) is 6.42 Å². The monoisotopic (exact) mass is 175 g/mol. The average Bonchev–Trinajstić information content (AvgIpc) is 2.16. The van der Waals surface area contributed by atoms with Crippen LogP contribution in [-0.4, -0.2) is 18.1 Å². The number of hydrogen-bond acceptors (Lipinski definition) is 3. The first kappa shape index (κ1) is 9.27. The number of carbonyl (C=O) groups is 1. The van der Waals surface area contributed by atoms with Crippen LogP contribution >= 0.6 is 0 Å². The third-order valence-corrected chi connectivity index (χ3v) is 1.57. The highest BCUT2D eigenvalue weighted by Crippen LogP contribution is 2.07. The van der Waals surface area contributed by atoms with Gasteiger partial charge in [-0.2, -0.15) is 0 Å². The predicted octanol–water partition coefficient (Wildman–Crippen LogP) is 1.16. The molecule has 0 aliphatic heterocycles. The highest BCUT2D eigenvalue weighted by atomic mass is 16.5. The molecule has 1 heterocycles. The molecule has 0 bridgehead atoms. The Morgan fingerprint density at radius 1 is 1.62 bits per heavy atom. The summed E-state index contributed by atoms with van der Waals surface area (Å²) in [6.45, 7) is 1.78. The van der Waals surface area contributed by atoms with Crippen LogP contribution in [0, 0.1) is 19.3 Å². The smallest absolute Gasteiger partial charge is 0.357 e. The van der Waals surface area contributed by atoms with Gasteiger partial charge in [-0.25, -0.2) is 9.78 Å². The molecule has 0 atom stereocenters. The lowest BCUT2D eigenvalue weighted by atomic mass is 10.2. The van der Waals surface area contributed by atoms with Crippen LogP contribution in [0.15, 0.2) is 12.1 Å². The van der Waals surface area contributed by atoms with Crippen LogP contribution in [0.3, 0.4) is 0 Å². The lowest BCUT2D eigenvalue weighted by Crippen LogP contribution is -2.07. The maximum absolute atomic E-state index is 11.2. The van der Waals surface area contributed by atoms with Crippen molar-refractivity contribution < 1.29 is 9.53 Å². The quantitative estimate of drug-likeness (QED) is 0.475. The number of ether oxygens (including phenoxy) is 1. The summed E-state index contributed by atoms with van der Waals surface area (Å²) in [4.78, 5) is 15.2. The normalized spacial score (nSPS) is 9.00. The van der Waals surface area contributed by atoms with Gasteiger partial charge in [0.05, 0.1) is 12.7 Å². The molecule has 1 rings (SSSR count). The molecule has 0 unspecified atom stereocenters. The number of aryl methyl sites for hydroxylation is 1. The number of carbonyl (C=O) groups excluding carboxylic acids is 1. The Balaban J connectivity index is 3.25. The zero-order valence-electron chi connectivity index (χ0n) is 7.50. The molecule has 0 aliphatic carbocycles. The third kappa shape index (κ3) is 1.85. The van der Waals surface area contributed by atoms with Gasteiger partial charge in [0, 0.05) is 5.69 Å². The number of aromatic nitrogens is 1. The molecule has 1 aromatic rings. The van der Waals surface area contributed by atoms with E-state index in [2.05, 4.69) is 15.6 Å². The van der Waals surface area contributed by atoms with Crippen molar-refractivity contribution >= 4 is 5.97 Å². The molecule has 0 radical (unpaired) electrons. The summed E-state index contributed by atoms with van der Waals surface area (Å²) in [6.07, 6.45) is 5.20. The summed E-state index contributed by atoms with van der Waals surface area (Å²) in [7, 11) is 1.30. The van der Waals surface area contributed by atoms with Crippen LogP contribution in [0.2, 0.25) is 0 Å². The van der Waals surface area contributed by atoms with Crippen molar-refractivity contribution in [3.8, 4) is 12.3 Å². The minimum Gasteiger partial charge on any atom is -0.464 e. The first-order valence-corrected chi connectivity index (χ1v) is 3.71. The maximum atomic E-state index is 11.2. The van der Waals surface area contributed by atoms with E-state index in [4.69, 9.17) is 6.42 Å². The van der Waals surface area contributed by atoms with Crippen molar-refractivity contribution in [2.75, 3.05) is 7.11 Å². The second kappa shape index (κ2) is 3.72. The summed E-state index contributed by atoms with van der Waals surface area (Å²) >= 11 is 0. The van der Waals surface area contributed by atoms with E-state index in [0.29, 0.717) is 5.56 Å². The van der Waals surface area contributed by atoms with Gasteiger partial charge in [0.25, 0.3) is 0 Å². The highest BCUT2D eigenvalue weighted by molar-refractivity contribution is 5.90. The van der Waals surface area contributed by atoms with Crippen LogP contribution in [0.5, 0.6) is 0 Å². The molecule has 3 nitrogen and oxygen atoms in total. The average molecular weight is 175 g/mol. The molecule has 66 valence electrons. The maximum Gasteiger partial charge on any atom is 0.357 e. The van der Waals surface area contributed by atoms with E-state index in [1.165, 1.54) is 7.11 Å². The molecule has 1 aromatic heterocycles. The van der Waals surface area contributed by atoms with Crippen molar-refractivity contribution in [3.63, 3.8) is 0 Å². The van der Waals surface area contributed by atoms with E-state index < -0.39 is 5.97 Å². The number of pyridine rings is 1. The second-order valence-electron chi connectivity index (χ2n) is 2.48. The van der Waals surface area contributed by atoms with E-state index in [1.54, 1.807) is 19.1 Å². The van der Waals surface area contributed by atoms with Crippen molar-refractivity contribution in [3.05, 3.63) is 29.1 Å². The Morgan fingerprint density at radius 3 is 2.85 bits per heavy atom. The van der Waals surface area contributed by atoms with Gasteiger partial charge in [0.2, 0.25) is 0 Å². The van der Waals surface area contributed by atoms with Crippen molar-refractivity contribution in [1.82, 2.24) is 4.98 Å². The van der Waals surface area contributed by atoms with Gasteiger partial charge < -0.3 is 4.74 Å². The van der Waals surface area contributed by atoms with Crippen LogP contribution in [-0.2, 0) is 4.74 Å². The molecule has 13 heavy (non-hydrogen) atoms. The van der Waals surface area contributed by atoms with Crippen LogP contribution in [0.25, 0.3) is 0 Å². The predicted molar refractivity (Wildman–Crippen MR) is 48.2 cm³/mol. The molecule has 0 N–H and O–H groups in total. The molecule has 0 aliphatic rings. The van der Waals surface area contributed by atoms with Gasteiger partial charge in [-0.3, -0.25) is 0 Å². The van der Waals surface area contributed by atoms with Crippen LogP contribution < -0.4 is 0 Å². The first-order valence-electron chi connectivity index (χ1n) is 3.71. The van der Waals surface area contributed by atoms with Gasteiger partial charge in [-0.05, 0) is 19.1 Å². The van der Waals surface area contributed by atoms with E-state index in [0.717, 1.165) is 5.69 Å². The molecule has 0 saturated carbocycles. The van der Waals surface area contributed by atoms with Crippen molar-refractivity contribution in [2.24, 2.45) is 0 Å². The molecule has 0 spiro atoms. The number of terminal acetylenes is 1. The van der Waals surface area contributed by atoms with Gasteiger partial charge in [-0.1, -0.05) is 5.92 Å². The molecule has 3 heteroatoms. The summed E-state index contributed by atoms with van der Waals surface area (Å²) in [6, 6.07) is 3.43. The Morgan fingerprint density at radius 2 is 2.31 bits per heavy atom. The zero-order chi connectivity index (χ0) is 9.84. The number of rotatable bonds is 1. The van der Waals surface area contributed by atoms with Crippen molar-refractivity contribution in [2.45, 2.75) is 6.92 Å². The van der Waals surface area contributed by atoms with Crippen LogP contribution in [0.4, 0.5) is 0 Å². The van der Waals surface area contributed by atoms with E-state index >= 15 is 0 Å². The fourth-order valence-corrected chi connectivity index (χ4v) is 0.925. The molecule has 0 amide bonds. The lowest BCUT2D eigenvalue weighted by Gasteiger charge is -2.01. The topological polar surface area (TPSA) is 39.2 Å². The molecule has 0 saturated heterocycles. The highest BCUT2D eigenvalue weighted by Gasteiger charge is 2.11. The molecule has 0 aromatic carbocycles. The van der Waals surface area contributed by atoms with Gasteiger partial charge in [0.15, 0.2) is 5.69 Å². The van der Waals surface area contributed by atoms with Gasteiger partial charge >= 0.3 is 5.97 Å². The van der Waals surface area contributed by atoms with Crippen molar-refractivity contribution in [1.29, 1.82) is 0 Å². The zero-order valence-corrected chi connectivity index (χ0v) is 7.50. The third-order valence-electron chi connectivity index (χ3n) is 1.57. The lowest BCUT2D eigenvalue weighted by molar-refractivity contribution is 0.0593. The largest absolute Gasteiger partial charge is 0.464 e. The van der Waals surface area contributed by atoms with E-state index in [9.17, 15) is 4.79 Å².